The molecule has 6 nitrogen and oxygen atoms in total. The lowest BCUT2D eigenvalue weighted by atomic mass is 10.2. The molecular formula is C18H20ClN3O3. The highest BCUT2D eigenvalue weighted by Crippen LogP contribution is 2.23. The fourth-order valence-electron chi connectivity index (χ4n) is 2.04. The first-order chi connectivity index (χ1) is 12.2. The van der Waals surface area contributed by atoms with E-state index in [0.717, 1.165) is 0 Å². The number of hydrogen-bond acceptors (Lipinski definition) is 4. The monoisotopic (exact) mass is 361 g/mol. The number of aromatic nitrogens is 1. The first-order valence-electron chi connectivity index (χ1n) is 7.99. The lowest BCUT2D eigenvalue weighted by molar-refractivity contribution is -0.121. The summed E-state index contributed by atoms with van der Waals surface area (Å²) in [6.07, 6.45) is 4.03. The third-order valence-corrected chi connectivity index (χ3v) is 3.61. The van der Waals surface area contributed by atoms with Crippen molar-refractivity contribution in [2.45, 2.75) is 12.8 Å². The summed E-state index contributed by atoms with van der Waals surface area (Å²) in [6, 6.07) is 10.6. The fourth-order valence-corrected chi connectivity index (χ4v) is 2.23. The first kappa shape index (κ1) is 18.7. The van der Waals surface area contributed by atoms with Crippen LogP contribution in [-0.4, -0.2) is 36.5 Å². The van der Waals surface area contributed by atoms with Crippen molar-refractivity contribution in [3.63, 3.8) is 0 Å². The van der Waals surface area contributed by atoms with Crippen molar-refractivity contribution in [2.75, 3.05) is 19.7 Å². The van der Waals surface area contributed by atoms with Gasteiger partial charge in [0.15, 0.2) is 0 Å². The van der Waals surface area contributed by atoms with Crippen LogP contribution in [0.1, 0.15) is 23.2 Å². The molecule has 0 aliphatic heterocycles. The van der Waals surface area contributed by atoms with E-state index >= 15 is 0 Å². The Hall–Kier alpha value is -2.60. The maximum atomic E-state index is 11.8. The Kier molecular flexibility index (Phi) is 7.72. The molecule has 2 aromatic rings. The van der Waals surface area contributed by atoms with Crippen molar-refractivity contribution in [1.29, 1.82) is 0 Å². The van der Waals surface area contributed by atoms with E-state index in [1.807, 2.05) is 12.1 Å². The number of ether oxygens (including phenoxy) is 1. The molecule has 0 fully saturated rings. The maximum Gasteiger partial charge on any atom is 0.252 e. The highest BCUT2D eigenvalue weighted by Gasteiger charge is 2.05. The minimum absolute atomic E-state index is 0.0848. The molecule has 1 heterocycles. The zero-order chi connectivity index (χ0) is 17.9. The quantitative estimate of drug-likeness (QED) is 0.672. The van der Waals surface area contributed by atoms with Crippen molar-refractivity contribution >= 4 is 23.4 Å². The second-order valence-electron chi connectivity index (χ2n) is 5.23. The number of carbonyl (C=O) groups is 2. The number of benzene rings is 1. The topological polar surface area (TPSA) is 80.3 Å². The molecule has 0 aliphatic rings. The van der Waals surface area contributed by atoms with Gasteiger partial charge in [0.2, 0.25) is 5.91 Å². The molecule has 0 spiro atoms. The maximum absolute atomic E-state index is 11.8. The summed E-state index contributed by atoms with van der Waals surface area (Å²) in [5, 5.41) is 6.02. The Labute approximate surface area is 151 Å². The number of pyridine rings is 1. The second-order valence-corrected chi connectivity index (χ2v) is 5.64. The third-order valence-electron chi connectivity index (χ3n) is 3.30. The molecule has 0 atom stereocenters. The van der Waals surface area contributed by atoms with Gasteiger partial charge in [-0.15, -0.1) is 0 Å². The van der Waals surface area contributed by atoms with E-state index in [1.54, 1.807) is 30.5 Å². The van der Waals surface area contributed by atoms with E-state index in [-0.39, 0.29) is 11.8 Å². The van der Waals surface area contributed by atoms with Crippen LogP contribution in [0.2, 0.25) is 5.02 Å². The smallest absolute Gasteiger partial charge is 0.252 e. The number of carbonyl (C=O) groups excluding carboxylic acids is 2. The van der Waals surface area contributed by atoms with E-state index in [4.69, 9.17) is 16.3 Å². The van der Waals surface area contributed by atoms with Crippen molar-refractivity contribution in [1.82, 2.24) is 15.6 Å². The van der Waals surface area contributed by atoms with Gasteiger partial charge in [-0.25, -0.2) is 0 Å². The van der Waals surface area contributed by atoms with E-state index in [0.29, 0.717) is 48.9 Å². The molecule has 7 heteroatoms. The number of nitrogens with zero attached hydrogens (tertiary/aromatic N) is 1. The molecule has 2 N–H and O–H groups in total. The summed E-state index contributed by atoms with van der Waals surface area (Å²) in [5.74, 6) is 0.316. The molecule has 0 radical (unpaired) electrons. The van der Waals surface area contributed by atoms with Crippen molar-refractivity contribution < 1.29 is 14.3 Å². The van der Waals surface area contributed by atoms with E-state index < -0.39 is 0 Å². The molecule has 25 heavy (non-hydrogen) atoms. The molecule has 0 saturated carbocycles. The molecule has 0 unspecified atom stereocenters. The van der Waals surface area contributed by atoms with Gasteiger partial charge in [-0.1, -0.05) is 23.7 Å². The van der Waals surface area contributed by atoms with E-state index in [9.17, 15) is 9.59 Å². The van der Waals surface area contributed by atoms with Gasteiger partial charge in [0.25, 0.3) is 5.91 Å². The summed E-state index contributed by atoms with van der Waals surface area (Å²) in [6.45, 7) is 1.14. The van der Waals surface area contributed by atoms with Gasteiger partial charge in [0.1, 0.15) is 5.75 Å². The van der Waals surface area contributed by atoms with Crippen LogP contribution in [0, 0.1) is 0 Å². The van der Waals surface area contributed by atoms with Crippen LogP contribution in [0.3, 0.4) is 0 Å². The number of halogens is 1. The SMILES string of the molecule is O=C(CCCOc1ccccc1Cl)NCCNC(=O)c1cccnc1. The summed E-state index contributed by atoms with van der Waals surface area (Å²) >= 11 is 5.98. The van der Waals surface area contributed by atoms with Crippen LogP contribution >= 0.6 is 11.6 Å². The van der Waals surface area contributed by atoms with Crippen molar-refractivity contribution in [3.8, 4) is 5.75 Å². The largest absolute Gasteiger partial charge is 0.492 e. The minimum Gasteiger partial charge on any atom is -0.492 e. The van der Waals surface area contributed by atoms with E-state index in [2.05, 4.69) is 15.6 Å². The standard InChI is InChI=1S/C18H20ClN3O3/c19-15-6-1-2-7-16(15)25-12-4-8-17(23)21-10-11-22-18(24)14-5-3-9-20-13-14/h1-3,5-7,9,13H,4,8,10-12H2,(H,21,23)(H,22,24). The molecule has 2 amide bonds. The molecule has 2 rings (SSSR count). The van der Waals surface area contributed by atoms with Gasteiger partial charge in [0.05, 0.1) is 17.2 Å². The average Bonchev–Trinajstić information content (AvgIpc) is 2.64. The Morgan fingerprint density at radius 3 is 2.64 bits per heavy atom. The molecule has 1 aromatic heterocycles. The summed E-state index contributed by atoms with van der Waals surface area (Å²) in [4.78, 5) is 27.4. The summed E-state index contributed by atoms with van der Waals surface area (Å²) in [5.41, 5.74) is 0.491. The van der Waals surface area contributed by atoms with Gasteiger partial charge in [-0.3, -0.25) is 14.6 Å². The molecule has 1 aromatic carbocycles. The fraction of sp³-hybridized carbons (Fsp3) is 0.278. The van der Waals surface area contributed by atoms with E-state index in [1.165, 1.54) is 6.20 Å². The first-order valence-corrected chi connectivity index (χ1v) is 8.37. The Morgan fingerprint density at radius 2 is 1.88 bits per heavy atom. The molecule has 0 aliphatic carbocycles. The third kappa shape index (κ3) is 6.81. The number of para-hydroxylation sites is 1. The van der Waals surface area contributed by atoms with Gasteiger partial charge in [0, 0.05) is 31.9 Å². The van der Waals surface area contributed by atoms with Crippen LogP contribution in [0.15, 0.2) is 48.8 Å². The van der Waals surface area contributed by atoms with Gasteiger partial charge >= 0.3 is 0 Å². The van der Waals surface area contributed by atoms with Gasteiger partial charge < -0.3 is 15.4 Å². The molecular weight excluding hydrogens is 342 g/mol. The summed E-state index contributed by atoms with van der Waals surface area (Å²) in [7, 11) is 0. The Bertz CT molecular complexity index is 695. The highest BCUT2D eigenvalue weighted by atomic mass is 35.5. The Balaban J connectivity index is 1.54. The number of rotatable bonds is 9. The minimum atomic E-state index is -0.213. The van der Waals surface area contributed by atoms with Crippen LogP contribution in [-0.2, 0) is 4.79 Å². The van der Waals surface area contributed by atoms with Crippen molar-refractivity contribution in [3.05, 3.63) is 59.4 Å². The number of hydrogen-bond donors (Lipinski definition) is 2. The second kappa shape index (κ2) is 10.3. The molecule has 0 saturated heterocycles. The van der Waals surface area contributed by atoms with Crippen molar-refractivity contribution in [2.24, 2.45) is 0 Å². The number of nitrogens with one attached hydrogen (secondary N) is 2. The average molecular weight is 362 g/mol. The zero-order valence-electron chi connectivity index (χ0n) is 13.7. The highest BCUT2D eigenvalue weighted by molar-refractivity contribution is 6.32. The van der Waals surface area contributed by atoms with Crippen LogP contribution in [0.4, 0.5) is 0 Å². The molecule has 132 valence electrons. The van der Waals surface area contributed by atoms with Gasteiger partial charge in [-0.2, -0.15) is 0 Å². The predicted octanol–water partition coefficient (Wildman–Crippen LogP) is 2.44. The van der Waals surface area contributed by atoms with Crippen LogP contribution in [0.5, 0.6) is 5.75 Å². The predicted molar refractivity (Wildman–Crippen MR) is 95.8 cm³/mol. The zero-order valence-corrected chi connectivity index (χ0v) is 14.5. The normalized spacial score (nSPS) is 10.1. The lowest BCUT2D eigenvalue weighted by Crippen LogP contribution is -2.34. The summed E-state index contributed by atoms with van der Waals surface area (Å²) < 4.78 is 5.52. The molecule has 0 bridgehead atoms. The lowest BCUT2D eigenvalue weighted by Gasteiger charge is -2.09. The Morgan fingerprint density at radius 1 is 1.08 bits per heavy atom. The van der Waals surface area contributed by atoms with Crippen LogP contribution < -0.4 is 15.4 Å². The van der Waals surface area contributed by atoms with Crippen LogP contribution in [0.25, 0.3) is 0 Å². The number of amides is 2. The van der Waals surface area contributed by atoms with Gasteiger partial charge in [-0.05, 0) is 30.7 Å².